The third kappa shape index (κ3) is 3.57. The lowest BCUT2D eigenvalue weighted by molar-refractivity contribution is 0.122. The molecule has 5 nitrogen and oxygen atoms in total. The Morgan fingerprint density at radius 3 is 2.83 bits per heavy atom. The van der Waals surface area contributed by atoms with Gasteiger partial charge in [0.1, 0.15) is 17.5 Å². The molecule has 0 atom stereocenters. The Kier molecular flexibility index (Phi) is 4.75. The molecule has 1 aromatic heterocycles. The molecule has 2 heterocycles. The van der Waals surface area contributed by atoms with Gasteiger partial charge in [-0.05, 0) is 13.3 Å². The Bertz CT molecular complexity index is 377. The standard InChI is InChI=1S/C13H22N4O/c1-3-4-5-14-12-10-13(16-11(2)15-12)17-6-8-18-9-7-17/h10H,3-9H2,1-2H3,(H,14,15,16). The van der Waals surface area contributed by atoms with Crippen LogP contribution in [0.15, 0.2) is 6.07 Å². The van der Waals surface area contributed by atoms with Gasteiger partial charge < -0.3 is 15.0 Å². The van der Waals surface area contributed by atoms with Crippen molar-refractivity contribution >= 4 is 11.6 Å². The molecule has 1 aliphatic heterocycles. The van der Waals surface area contributed by atoms with E-state index in [-0.39, 0.29) is 0 Å². The van der Waals surface area contributed by atoms with Crippen molar-refractivity contribution < 1.29 is 4.74 Å². The van der Waals surface area contributed by atoms with Gasteiger partial charge in [-0.2, -0.15) is 0 Å². The van der Waals surface area contributed by atoms with Gasteiger partial charge in [0, 0.05) is 25.7 Å². The molecule has 0 saturated carbocycles. The average molecular weight is 250 g/mol. The summed E-state index contributed by atoms with van der Waals surface area (Å²) in [4.78, 5) is 11.2. The molecule has 0 amide bonds. The first kappa shape index (κ1) is 13.1. The van der Waals surface area contributed by atoms with Gasteiger partial charge in [0.2, 0.25) is 0 Å². The Hall–Kier alpha value is -1.36. The van der Waals surface area contributed by atoms with E-state index in [1.165, 1.54) is 6.42 Å². The van der Waals surface area contributed by atoms with Crippen LogP contribution in [-0.4, -0.2) is 42.8 Å². The van der Waals surface area contributed by atoms with Crippen LogP contribution in [0.1, 0.15) is 25.6 Å². The van der Waals surface area contributed by atoms with E-state index >= 15 is 0 Å². The normalized spacial score (nSPS) is 15.8. The Balaban J connectivity index is 2.05. The molecule has 0 unspecified atom stereocenters. The van der Waals surface area contributed by atoms with Crippen LogP contribution >= 0.6 is 0 Å². The summed E-state index contributed by atoms with van der Waals surface area (Å²) in [6.45, 7) is 8.47. The van der Waals surface area contributed by atoms with Crippen molar-refractivity contribution in [2.24, 2.45) is 0 Å². The first-order valence-corrected chi connectivity index (χ1v) is 6.72. The molecule has 0 aliphatic carbocycles. The molecule has 0 spiro atoms. The Labute approximate surface area is 109 Å². The molecule has 0 radical (unpaired) electrons. The van der Waals surface area contributed by atoms with Crippen LogP contribution in [0.4, 0.5) is 11.6 Å². The summed E-state index contributed by atoms with van der Waals surface area (Å²) in [6, 6.07) is 2.04. The summed E-state index contributed by atoms with van der Waals surface area (Å²) < 4.78 is 5.36. The summed E-state index contributed by atoms with van der Waals surface area (Å²) in [5.74, 6) is 2.75. The first-order valence-electron chi connectivity index (χ1n) is 6.72. The molecular formula is C13H22N4O. The van der Waals surface area contributed by atoms with E-state index in [0.717, 1.165) is 56.7 Å². The van der Waals surface area contributed by atoms with Crippen LogP contribution in [0.5, 0.6) is 0 Å². The fraction of sp³-hybridized carbons (Fsp3) is 0.692. The van der Waals surface area contributed by atoms with Crippen molar-refractivity contribution in [2.45, 2.75) is 26.7 Å². The van der Waals surface area contributed by atoms with Crippen molar-refractivity contribution in [1.82, 2.24) is 9.97 Å². The topological polar surface area (TPSA) is 50.3 Å². The Morgan fingerprint density at radius 2 is 2.11 bits per heavy atom. The zero-order valence-electron chi connectivity index (χ0n) is 11.3. The van der Waals surface area contributed by atoms with Gasteiger partial charge in [0.05, 0.1) is 13.2 Å². The highest BCUT2D eigenvalue weighted by Gasteiger charge is 2.13. The molecule has 2 rings (SSSR count). The number of nitrogens with zero attached hydrogens (tertiary/aromatic N) is 3. The summed E-state index contributed by atoms with van der Waals surface area (Å²) in [5, 5.41) is 3.36. The minimum Gasteiger partial charge on any atom is -0.378 e. The van der Waals surface area contributed by atoms with Crippen molar-refractivity contribution in [2.75, 3.05) is 43.1 Å². The van der Waals surface area contributed by atoms with Crippen LogP contribution in [0.3, 0.4) is 0 Å². The molecule has 1 saturated heterocycles. The van der Waals surface area contributed by atoms with Crippen LogP contribution in [0.2, 0.25) is 0 Å². The van der Waals surface area contributed by atoms with Gasteiger partial charge in [-0.3, -0.25) is 0 Å². The molecular weight excluding hydrogens is 228 g/mol. The highest BCUT2D eigenvalue weighted by atomic mass is 16.5. The van der Waals surface area contributed by atoms with Crippen molar-refractivity contribution in [3.63, 3.8) is 0 Å². The maximum Gasteiger partial charge on any atom is 0.134 e. The molecule has 1 aromatic rings. The highest BCUT2D eigenvalue weighted by molar-refractivity contribution is 5.49. The number of aryl methyl sites for hydroxylation is 1. The highest BCUT2D eigenvalue weighted by Crippen LogP contribution is 2.17. The Morgan fingerprint density at radius 1 is 1.33 bits per heavy atom. The maximum atomic E-state index is 5.36. The minimum atomic E-state index is 0.779. The van der Waals surface area contributed by atoms with Crippen LogP contribution in [-0.2, 0) is 4.74 Å². The second-order valence-electron chi connectivity index (χ2n) is 4.54. The van der Waals surface area contributed by atoms with E-state index in [9.17, 15) is 0 Å². The van der Waals surface area contributed by atoms with Crippen molar-refractivity contribution in [1.29, 1.82) is 0 Å². The molecule has 1 fully saturated rings. The zero-order chi connectivity index (χ0) is 12.8. The van der Waals surface area contributed by atoms with Gasteiger partial charge in [-0.25, -0.2) is 9.97 Å². The summed E-state index contributed by atoms with van der Waals surface area (Å²) in [5.41, 5.74) is 0. The second-order valence-corrected chi connectivity index (χ2v) is 4.54. The number of anilines is 2. The zero-order valence-corrected chi connectivity index (χ0v) is 11.3. The maximum absolute atomic E-state index is 5.36. The summed E-state index contributed by atoms with van der Waals surface area (Å²) >= 11 is 0. The van der Waals surface area contributed by atoms with Gasteiger partial charge in [0.25, 0.3) is 0 Å². The van der Waals surface area contributed by atoms with Crippen molar-refractivity contribution in [3.8, 4) is 0 Å². The molecule has 18 heavy (non-hydrogen) atoms. The summed E-state index contributed by atoms with van der Waals surface area (Å²) in [6.07, 6.45) is 2.35. The predicted molar refractivity (Wildman–Crippen MR) is 73.2 cm³/mol. The van der Waals surface area contributed by atoms with E-state index < -0.39 is 0 Å². The second kappa shape index (κ2) is 6.54. The fourth-order valence-electron chi connectivity index (χ4n) is 1.99. The lowest BCUT2D eigenvalue weighted by Gasteiger charge is -2.28. The first-order chi connectivity index (χ1) is 8.79. The molecule has 100 valence electrons. The number of morpholine rings is 1. The number of hydrogen-bond donors (Lipinski definition) is 1. The average Bonchev–Trinajstić information content (AvgIpc) is 2.39. The number of rotatable bonds is 5. The van der Waals surface area contributed by atoms with E-state index in [2.05, 4.69) is 27.1 Å². The quantitative estimate of drug-likeness (QED) is 0.808. The summed E-state index contributed by atoms with van der Waals surface area (Å²) in [7, 11) is 0. The van der Waals surface area contributed by atoms with E-state index in [1.54, 1.807) is 0 Å². The number of ether oxygens (including phenoxy) is 1. The number of hydrogen-bond acceptors (Lipinski definition) is 5. The SMILES string of the molecule is CCCCNc1cc(N2CCOCC2)nc(C)n1. The van der Waals surface area contributed by atoms with E-state index in [1.807, 2.05) is 13.0 Å². The number of unbranched alkanes of at least 4 members (excludes halogenated alkanes) is 1. The number of aromatic nitrogens is 2. The molecule has 1 N–H and O–H groups in total. The third-order valence-corrected chi connectivity index (χ3v) is 3.00. The molecule has 5 heteroatoms. The monoisotopic (exact) mass is 250 g/mol. The van der Waals surface area contributed by atoms with Crippen LogP contribution in [0.25, 0.3) is 0 Å². The lowest BCUT2D eigenvalue weighted by atomic mass is 10.3. The molecule has 0 aromatic carbocycles. The van der Waals surface area contributed by atoms with Gasteiger partial charge >= 0.3 is 0 Å². The van der Waals surface area contributed by atoms with E-state index in [0.29, 0.717) is 0 Å². The predicted octanol–water partition coefficient (Wildman–Crippen LogP) is 1.83. The fourth-order valence-corrected chi connectivity index (χ4v) is 1.99. The van der Waals surface area contributed by atoms with E-state index in [4.69, 9.17) is 4.74 Å². The van der Waals surface area contributed by atoms with Gasteiger partial charge in [-0.15, -0.1) is 0 Å². The lowest BCUT2D eigenvalue weighted by Crippen LogP contribution is -2.37. The van der Waals surface area contributed by atoms with Crippen molar-refractivity contribution in [3.05, 3.63) is 11.9 Å². The molecule has 1 aliphatic rings. The van der Waals surface area contributed by atoms with Crippen LogP contribution < -0.4 is 10.2 Å². The molecule has 0 bridgehead atoms. The van der Waals surface area contributed by atoms with Crippen LogP contribution in [0, 0.1) is 6.92 Å². The van der Waals surface area contributed by atoms with Gasteiger partial charge in [-0.1, -0.05) is 13.3 Å². The minimum absolute atomic E-state index is 0.779. The van der Waals surface area contributed by atoms with Gasteiger partial charge in [0.15, 0.2) is 0 Å². The third-order valence-electron chi connectivity index (χ3n) is 3.00. The number of nitrogens with one attached hydrogen (secondary N) is 1. The smallest absolute Gasteiger partial charge is 0.134 e. The largest absolute Gasteiger partial charge is 0.378 e.